The molecular weight excluding hydrogens is 220 g/mol. The molecule has 0 bridgehead atoms. The van der Waals surface area contributed by atoms with Crippen molar-refractivity contribution in [2.45, 2.75) is 6.92 Å². The summed E-state index contributed by atoms with van der Waals surface area (Å²) in [4.78, 5) is 0. The van der Waals surface area contributed by atoms with E-state index in [0.717, 1.165) is 22.4 Å². The topological polar surface area (TPSA) is 24.7 Å². The van der Waals surface area contributed by atoms with Crippen molar-refractivity contribution in [2.24, 2.45) is 10.2 Å². The molecule has 2 nitrogen and oxygen atoms in total. The molecule has 0 aliphatic carbocycles. The van der Waals surface area contributed by atoms with Crippen molar-refractivity contribution in [3.63, 3.8) is 0 Å². The first-order chi connectivity index (χ1) is 8.72. The van der Waals surface area contributed by atoms with Crippen LogP contribution in [0.25, 0.3) is 12.2 Å². The van der Waals surface area contributed by atoms with Crippen molar-refractivity contribution in [1.82, 2.24) is 0 Å². The van der Waals surface area contributed by atoms with Crippen molar-refractivity contribution in [3.8, 4) is 0 Å². The molecule has 0 aromatic heterocycles. The van der Waals surface area contributed by atoms with Crippen LogP contribution in [-0.2, 0) is 0 Å². The van der Waals surface area contributed by atoms with Crippen molar-refractivity contribution in [3.05, 3.63) is 72.6 Å². The van der Waals surface area contributed by atoms with Gasteiger partial charge >= 0.3 is 0 Å². The van der Waals surface area contributed by atoms with E-state index in [4.69, 9.17) is 0 Å². The van der Waals surface area contributed by atoms with Crippen molar-refractivity contribution >= 4 is 17.8 Å². The molecule has 0 heterocycles. The van der Waals surface area contributed by atoms with E-state index in [9.17, 15) is 0 Å². The Morgan fingerprint density at radius 1 is 1.22 bits per heavy atom. The maximum atomic E-state index is 4.08. The Morgan fingerprint density at radius 3 is 2.61 bits per heavy atom. The van der Waals surface area contributed by atoms with E-state index in [-0.39, 0.29) is 0 Å². The molecule has 1 aromatic rings. The number of aryl methyl sites for hydroxylation is 1. The summed E-state index contributed by atoms with van der Waals surface area (Å²) in [5, 5.41) is 7.87. The van der Waals surface area contributed by atoms with E-state index in [1.165, 1.54) is 6.20 Å². The van der Waals surface area contributed by atoms with E-state index in [2.05, 4.69) is 35.7 Å². The number of hydrogen-bond acceptors (Lipinski definition) is 2. The molecule has 0 radical (unpaired) electrons. The predicted octanol–water partition coefficient (Wildman–Crippen LogP) is 5.22. The van der Waals surface area contributed by atoms with Crippen molar-refractivity contribution in [2.75, 3.05) is 0 Å². The smallest absolute Gasteiger partial charge is 0.0931 e. The minimum absolute atomic E-state index is 0.791. The van der Waals surface area contributed by atoms with Crippen LogP contribution < -0.4 is 0 Å². The fourth-order valence-electron chi connectivity index (χ4n) is 1.48. The van der Waals surface area contributed by atoms with Gasteiger partial charge in [0.15, 0.2) is 0 Å². The summed E-state index contributed by atoms with van der Waals surface area (Å²) in [6, 6.07) is 3.99. The van der Waals surface area contributed by atoms with Crippen LogP contribution in [0, 0.1) is 6.92 Å². The Labute approximate surface area is 108 Å². The monoisotopic (exact) mass is 236 g/mol. The molecule has 0 aliphatic rings. The summed E-state index contributed by atoms with van der Waals surface area (Å²) in [7, 11) is 0. The lowest BCUT2D eigenvalue weighted by Crippen LogP contribution is -1.84. The highest BCUT2D eigenvalue weighted by atomic mass is 15.1. The molecule has 0 atom stereocenters. The van der Waals surface area contributed by atoms with Gasteiger partial charge in [-0.2, -0.15) is 10.2 Å². The molecule has 1 rings (SSSR count). The van der Waals surface area contributed by atoms with Crippen LogP contribution in [0.4, 0.5) is 5.69 Å². The highest BCUT2D eigenvalue weighted by Crippen LogP contribution is 2.26. The maximum Gasteiger partial charge on any atom is 0.0931 e. The molecule has 0 spiro atoms. The second kappa shape index (κ2) is 7.00. The number of allylic oxidation sites excluding steroid dienone is 2. The van der Waals surface area contributed by atoms with Crippen LogP contribution in [0.15, 0.2) is 66.2 Å². The second-order valence-electron chi connectivity index (χ2n) is 3.60. The third kappa shape index (κ3) is 3.55. The van der Waals surface area contributed by atoms with Gasteiger partial charge in [0.2, 0.25) is 0 Å². The number of rotatable bonds is 5. The zero-order valence-electron chi connectivity index (χ0n) is 10.6. The van der Waals surface area contributed by atoms with Gasteiger partial charge < -0.3 is 0 Å². The fraction of sp³-hybridized carbons (Fsp3) is 0.0625. The van der Waals surface area contributed by atoms with Crippen LogP contribution in [0.2, 0.25) is 0 Å². The third-order valence-electron chi connectivity index (χ3n) is 2.37. The molecule has 90 valence electrons. The van der Waals surface area contributed by atoms with Gasteiger partial charge in [-0.05, 0) is 36.3 Å². The molecule has 0 unspecified atom stereocenters. The van der Waals surface area contributed by atoms with Crippen LogP contribution in [0.5, 0.6) is 0 Å². The Morgan fingerprint density at radius 2 is 2.00 bits per heavy atom. The summed E-state index contributed by atoms with van der Waals surface area (Å²) in [6.07, 6.45) is 8.82. The van der Waals surface area contributed by atoms with E-state index in [1.54, 1.807) is 12.2 Å². The Bertz CT molecular complexity index is 557. The zero-order chi connectivity index (χ0) is 13.4. The molecule has 0 N–H and O–H groups in total. The van der Waals surface area contributed by atoms with Crippen LogP contribution in [0.3, 0.4) is 0 Å². The molecule has 18 heavy (non-hydrogen) atoms. The maximum absolute atomic E-state index is 4.08. The normalized spacial score (nSPS) is 10.5. The summed E-state index contributed by atoms with van der Waals surface area (Å²) in [5.74, 6) is 0. The molecule has 0 aliphatic heterocycles. The zero-order valence-corrected chi connectivity index (χ0v) is 10.6. The quantitative estimate of drug-likeness (QED) is 0.380. The van der Waals surface area contributed by atoms with Gasteiger partial charge in [-0.3, -0.25) is 0 Å². The lowest BCUT2D eigenvalue weighted by molar-refractivity contribution is 1.22. The van der Waals surface area contributed by atoms with Gasteiger partial charge in [0.1, 0.15) is 0 Å². The summed E-state index contributed by atoms with van der Waals surface area (Å²) in [5.41, 5.74) is 6.65. The highest BCUT2D eigenvalue weighted by Gasteiger charge is 2.02. The molecule has 0 fully saturated rings. The Kier molecular flexibility index (Phi) is 5.30. The van der Waals surface area contributed by atoms with Gasteiger partial charge in [0.05, 0.1) is 5.69 Å². The Hall–Kier alpha value is -2.44. The lowest BCUT2D eigenvalue weighted by atomic mass is 10.0. The standard InChI is InChI=1S/C16H16N2/c1-5-8-9-10-15-12-14(6-2)16(11-13(15)4)18-17-7-3/h6-12H,1-3H2,4H3/b10-9-,18-17-. The molecule has 2 heteroatoms. The molecule has 0 saturated heterocycles. The predicted molar refractivity (Wildman–Crippen MR) is 78.7 cm³/mol. The largest absolute Gasteiger partial charge is 0.159 e. The molecule has 1 aromatic carbocycles. The first-order valence-electron chi connectivity index (χ1n) is 5.54. The number of benzene rings is 1. The van der Waals surface area contributed by atoms with E-state index >= 15 is 0 Å². The fourth-order valence-corrected chi connectivity index (χ4v) is 1.48. The molecule has 0 amide bonds. The van der Waals surface area contributed by atoms with Crippen LogP contribution in [-0.4, -0.2) is 0 Å². The average Bonchev–Trinajstić information content (AvgIpc) is 2.38. The van der Waals surface area contributed by atoms with Gasteiger partial charge in [-0.1, -0.05) is 38.0 Å². The third-order valence-corrected chi connectivity index (χ3v) is 2.37. The van der Waals surface area contributed by atoms with Gasteiger partial charge in [-0.25, -0.2) is 0 Å². The van der Waals surface area contributed by atoms with E-state index in [1.807, 2.05) is 31.2 Å². The van der Waals surface area contributed by atoms with Gasteiger partial charge in [0, 0.05) is 11.8 Å². The van der Waals surface area contributed by atoms with Crippen molar-refractivity contribution < 1.29 is 0 Å². The van der Waals surface area contributed by atoms with Gasteiger partial charge in [-0.15, -0.1) is 5.73 Å². The average molecular weight is 236 g/mol. The second-order valence-corrected chi connectivity index (χ2v) is 3.60. The lowest BCUT2D eigenvalue weighted by Gasteiger charge is -2.05. The summed E-state index contributed by atoms with van der Waals surface area (Å²) >= 11 is 0. The number of nitrogens with zero attached hydrogens (tertiary/aromatic N) is 2. The highest BCUT2D eigenvalue weighted by molar-refractivity contribution is 5.69. The summed E-state index contributed by atoms with van der Waals surface area (Å²) in [6.45, 7) is 12.8. The minimum atomic E-state index is 0.791. The van der Waals surface area contributed by atoms with Crippen molar-refractivity contribution in [1.29, 1.82) is 0 Å². The first kappa shape index (κ1) is 13.6. The Balaban J connectivity index is 3.25. The first-order valence-corrected chi connectivity index (χ1v) is 5.54. The van der Waals surface area contributed by atoms with Crippen LogP contribution >= 0.6 is 0 Å². The van der Waals surface area contributed by atoms with Gasteiger partial charge in [0.25, 0.3) is 0 Å². The van der Waals surface area contributed by atoms with E-state index < -0.39 is 0 Å². The number of hydrogen-bond donors (Lipinski definition) is 0. The minimum Gasteiger partial charge on any atom is -0.159 e. The molecule has 0 saturated carbocycles. The van der Waals surface area contributed by atoms with Crippen LogP contribution in [0.1, 0.15) is 16.7 Å². The van der Waals surface area contributed by atoms with E-state index in [0.29, 0.717) is 0 Å². The SMILES string of the molecule is C=C=C/C=C\c1cc(C=C)c(/N=N\C=C)cc1C. The molecular formula is C16H16N2. The summed E-state index contributed by atoms with van der Waals surface area (Å²) < 4.78 is 0. The number of azo groups is 1.